The first-order chi connectivity index (χ1) is 9.08. The predicted octanol–water partition coefficient (Wildman–Crippen LogP) is 1.28. The minimum atomic E-state index is -1.80. The van der Waals surface area contributed by atoms with Gasteiger partial charge < -0.3 is 14.6 Å². The second-order valence-corrected chi connectivity index (χ2v) is 5.20. The third kappa shape index (κ3) is 2.05. The molecule has 0 unspecified atom stereocenters. The molecule has 3 rings (SSSR count). The molecule has 1 aromatic heterocycles. The summed E-state index contributed by atoms with van der Waals surface area (Å²) in [7, 11) is -1.80. The average Bonchev–Trinajstić information content (AvgIpc) is 2.94. The predicted molar refractivity (Wildman–Crippen MR) is 71.8 cm³/mol. The molecule has 1 fully saturated rings. The molecule has 0 radical (unpaired) electrons. The van der Waals surface area contributed by atoms with Crippen molar-refractivity contribution in [2.24, 2.45) is 0 Å². The van der Waals surface area contributed by atoms with E-state index in [0.29, 0.717) is 11.6 Å². The molecule has 6 heteroatoms. The smallest absolute Gasteiger partial charge is 0.423 e. The second-order valence-electron chi connectivity index (χ2n) is 5.20. The number of rotatable bonds is 2. The van der Waals surface area contributed by atoms with Crippen molar-refractivity contribution in [2.75, 3.05) is 0 Å². The Morgan fingerprint density at radius 2 is 2.00 bits per heavy atom. The lowest BCUT2D eigenvalue weighted by Gasteiger charge is -2.15. The molecular formula is C13H16BFN2O2. The van der Waals surface area contributed by atoms with Gasteiger partial charge in [0, 0.05) is 11.5 Å². The molecule has 1 aliphatic carbocycles. The molecule has 0 saturated heterocycles. The molecule has 0 atom stereocenters. The summed E-state index contributed by atoms with van der Waals surface area (Å²) >= 11 is 0. The van der Waals surface area contributed by atoms with E-state index in [2.05, 4.69) is 9.55 Å². The maximum atomic E-state index is 13.9. The van der Waals surface area contributed by atoms with E-state index in [1.807, 2.05) is 6.92 Å². The van der Waals surface area contributed by atoms with Crippen molar-refractivity contribution in [3.05, 3.63) is 23.8 Å². The first kappa shape index (κ1) is 12.6. The number of imidazole rings is 1. The van der Waals surface area contributed by atoms with Crippen molar-refractivity contribution in [3.8, 4) is 0 Å². The van der Waals surface area contributed by atoms with E-state index in [-0.39, 0.29) is 5.46 Å². The summed E-state index contributed by atoms with van der Waals surface area (Å²) in [6.07, 6.45) is 4.58. The minimum Gasteiger partial charge on any atom is -0.423 e. The summed E-state index contributed by atoms with van der Waals surface area (Å²) in [5.74, 6) is 0.257. The number of benzene rings is 1. The summed E-state index contributed by atoms with van der Waals surface area (Å²) < 4.78 is 16.0. The van der Waals surface area contributed by atoms with Crippen LogP contribution in [0.3, 0.4) is 0 Å². The zero-order chi connectivity index (χ0) is 13.6. The minimum absolute atomic E-state index is 0.122. The van der Waals surface area contributed by atoms with Gasteiger partial charge in [-0.2, -0.15) is 0 Å². The van der Waals surface area contributed by atoms with Gasteiger partial charge in [0.15, 0.2) is 0 Å². The zero-order valence-electron chi connectivity index (χ0n) is 10.8. The van der Waals surface area contributed by atoms with Crippen molar-refractivity contribution in [1.29, 1.82) is 0 Å². The van der Waals surface area contributed by atoms with Crippen molar-refractivity contribution < 1.29 is 14.4 Å². The monoisotopic (exact) mass is 262 g/mol. The molecule has 2 N–H and O–H groups in total. The van der Waals surface area contributed by atoms with Crippen molar-refractivity contribution in [2.45, 2.75) is 38.6 Å². The summed E-state index contributed by atoms with van der Waals surface area (Å²) in [6.45, 7) is 1.91. The van der Waals surface area contributed by atoms with E-state index in [9.17, 15) is 4.39 Å². The van der Waals surface area contributed by atoms with E-state index in [1.165, 1.54) is 25.0 Å². The first-order valence-electron chi connectivity index (χ1n) is 6.62. The lowest BCUT2D eigenvalue weighted by Crippen LogP contribution is -2.32. The molecular weight excluding hydrogens is 246 g/mol. The van der Waals surface area contributed by atoms with Crippen LogP contribution in [0.25, 0.3) is 11.0 Å². The Hall–Kier alpha value is -1.40. The highest BCUT2D eigenvalue weighted by Crippen LogP contribution is 2.33. The molecule has 19 heavy (non-hydrogen) atoms. The molecule has 2 aromatic rings. The van der Waals surface area contributed by atoms with Crippen LogP contribution in [-0.4, -0.2) is 26.7 Å². The highest BCUT2D eigenvalue weighted by atomic mass is 19.1. The maximum Gasteiger partial charge on any atom is 0.491 e. The number of nitrogens with zero attached hydrogens (tertiary/aromatic N) is 2. The Morgan fingerprint density at radius 1 is 1.32 bits per heavy atom. The van der Waals surface area contributed by atoms with E-state index in [4.69, 9.17) is 10.0 Å². The largest absolute Gasteiger partial charge is 0.491 e. The normalized spacial score (nSPS) is 16.4. The summed E-state index contributed by atoms with van der Waals surface area (Å²) in [5, 5.41) is 18.3. The number of aromatic nitrogens is 2. The number of fused-ring (bicyclic) bond motifs is 1. The Bertz CT molecular complexity index is 621. The molecule has 0 amide bonds. The van der Waals surface area contributed by atoms with Gasteiger partial charge in [-0.25, -0.2) is 9.37 Å². The van der Waals surface area contributed by atoms with Gasteiger partial charge in [-0.1, -0.05) is 12.8 Å². The Labute approximate surface area is 111 Å². The van der Waals surface area contributed by atoms with Gasteiger partial charge in [-0.15, -0.1) is 0 Å². The van der Waals surface area contributed by atoms with Gasteiger partial charge >= 0.3 is 7.12 Å². The Balaban J connectivity index is 2.18. The fourth-order valence-corrected chi connectivity index (χ4v) is 3.07. The number of aryl methyl sites for hydroxylation is 1. The summed E-state index contributed by atoms with van der Waals surface area (Å²) in [4.78, 5) is 4.42. The van der Waals surface area contributed by atoms with E-state index in [0.717, 1.165) is 24.2 Å². The molecule has 1 aromatic carbocycles. The van der Waals surface area contributed by atoms with Crippen molar-refractivity contribution >= 4 is 23.6 Å². The van der Waals surface area contributed by atoms with Crippen LogP contribution in [-0.2, 0) is 0 Å². The van der Waals surface area contributed by atoms with Gasteiger partial charge in [-0.05, 0) is 31.9 Å². The molecule has 0 bridgehead atoms. The highest BCUT2D eigenvalue weighted by Gasteiger charge is 2.24. The van der Waals surface area contributed by atoms with Crippen LogP contribution in [0, 0.1) is 12.7 Å². The molecule has 4 nitrogen and oxygen atoms in total. The third-order valence-corrected chi connectivity index (χ3v) is 3.95. The highest BCUT2D eigenvalue weighted by molar-refractivity contribution is 6.59. The SMILES string of the molecule is Cc1nc2cc(B(O)O)c(F)cc2n1C1CCCC1. The Kier molecular flexibility index (Phi) is 3.07. The van der Waals surface area contributed by atoms with Crippen molar-refractivity contribution in [1.82, 2.24) is 9.55 Å². The molecule has 0 spiro atoms. The molecule has 1 saturated carbocycles. The average molecular weight is 262 g/mol. The van der Waals surface area contributed by atoms with Gasteiger partial charge in [0.1, 0.15) is 11.6 Å². The molecule has 1 aliphatic rings. The lowest BCUT2D eigenvalue weighted by atomic mass is 9.79. The quantitative estimate of drug-likeness (QED) is 0.801. The van der Waals surface area contributed by atoms with Gasteiger partial charge in [0.05, 0.1) is 11.0 Å². The fraction of sp³-hybridized carbons (Fsp3) is 0.462. The molecule has 0 aliphatic heterocycles. The fourth-order valence-electron chi connectivity index (χ4n) is 3.07. The van der Waals surface area contributed by atoms with E-state index < -0.39 is 12.9 Å². The van der Waals surface area contributed by atoms with Gasteiger partial charge in [0.2, 0.25) is 0 Å². The van der Waals surface area contributed by atoms with E-state index in [1.54, 1.807) is 0 Å². The van der Waals surface area contributed by atoms with Crippen LogP contribution in [0.2, 0.25) is 0 Å². The lowest BCUT2D eigenvalue weighted by molar-refractivity contribution is 0.423. The van der Waals surface area contributed by atoms with Gasteiger partial charge in [0.25, 0.3) is 0 Å². The third-order valence-electron chi connectivity index (χ3n) is 3.95. The van der Waals surface area contributed by atoms with Crippen LogP contribution >= 0.6 is 0 Å². The second kappa shape index (κ2) is 4.61. The topological polar surface area (TPSA) is 58.3 Å². The van der Waals surface area contributed by atoms with E-state index >= 15 is 0 Å². The van der Waals surface area contributed by atoms with Crippen molar-refractivity contribution in [3.63, 3.8) is 0 Å². The number of hydrogen-bond donors (Lipinski definition) is 2. The van der Waals surface area contributed by atoms with Crippen LogP contribution in [0.1, 0.15) is 37.5 Å². The standard InChI is InChI=1S/C13H16BFN2O2/c1-8-16-12-6-10(14(18)19)11(15)7-13(12)17(8)9-4-2-3-5-9/h6-7,9,18-19H,2-5H2,1H3. The van der Waals surface area contributed by atoms with Crippen LogP contribution in [0.4, 0.5) is 4.39 Å². The van der Waals surface area contributed by atoms with Crippen LogP contribution < -0.4 is 5.46 Å². The van der Waals surface area contributed by atoms with Gasteiger partial charge in [-0.3, -0.25) is 0 Å². The number of halogens is 1. The molecule has 100 valence electrons. The van der Waals surface area contributed by atoms with Crippen LogP contribution in [0.15, 0.2) is 12.1 Å². The first-order valence-corrected chi connectivity index (χ1v) is 6.62. The maximum absolute atomic E-state index is 13.9. The summed E-state index contributed by atoms with van der Waals surface area (Å²) in [6, 6.07) is 3.17. The number of hydrogen-bond acceptors (Lipinski definition) is 3. The zero-order valence-corrected chi connectivity index (χ0v) is 10.8. The molecule has 1 heterocycles. The van der Waals surface area contributed by atoms with Crippen LogP contribution in [0.5, 0.6) is 0 Å². The summed E-state index contributed by atoms with van der Waals surface area (Å²) in [5.41, 5.74) is 1.24. The Morgan fingerprint density at radius 3 is 2.63 bits per heavy atom.